The maximum absolute atomic E-state index is 14.5. The van der Waals surface area contributed by atoms with Crippen molar-refractivity contribution in [3.63, 3.8) is 0 Å². The van der Waals surface area contributed by atoms with Crippen LogP contribution in [0.4, 0.5) is 10.1 Å². The molecule has 0 unspecified atom stereocenters. The molecular formula is C21H18FNO4. The van der Waals surface area contributed by atoms with Gasteiger partial charge in [-0.25, -0.2) is 0 Å². The van der Waals surface area contributed by atoms with Crippen LogP contribution in [0.1, 0.15) is 12.5 Å². The Hall–Kier alpha value is -3.41. The Kier molecular flexibility index (Phi) is 5.35. The number of ether oxygens (including phenoxy) is 2. The van der Waals surface area contributed by atoms with Crippen molar-refractivity contribution in [1.82, 2.24) is 0 Å². The highest BCUT2D eigenvalue weighted by Crippen LogP contribution is 2.47. The Labute approximate surface area is 156 Å². The smallest absolute Gasteiger partial charge is 0.347 e. The monoisotopic (exact) mass is 367 g/mol. The molecule has 0 aliphatic carbocycles. The van der Waals surface area contributed by atoms with Gasteiger partial charge in [0.15, 0.2) is 0 Å². The van der Waals surface area contributed by atoms with Crippen molar-refractivity contribution >= 4 is 5.69 Å². The molecule has 138 valence electrons. The van der Waals surface area contributed by atoms with Crippen molar-refractivity contribution in [1.29, 1.82) is 0 Å². The van der Waals surface area contributed by atoms with Crippen molar-refractivity contribution in [2.75, 3.05) is 6.61 Å². The molecule has 0 N–H and O–H groups in total. The molecule has 6 heteroatoms. The summed E-state index contributed by atoms with van der Waals surface area (Å²) in [5, 5.41) is 11.5. The first-order valence-electron chi connectivity index (χ1n) is 8.45. The van der Waals surface area contributed by atoms with E-state index >= 15 is 0 Å². The number of rotatable bonds is 6. The molecule has 0 aliphatic rings. The maximum Gasteiger partial charge on any atom is 0.347 e. The highest BCUT2D eigenvalue weighted by Gasteiger charge is 2.30. The van der Waals surface area contributed by atoms with Gasteiger partial charge in [0.25, 0.3) is 0 Å². The first-order valence-corrected chi connectivity index (χ1v) is 8.45. The summed E-state index contributed by atoms with van der Waals surface area (Å²) in [6.45, 7) is 3.76. The largest absolute Gasteiger partial charge is 0.487 e. The van der Waals surface area contributed by atoms with Crippen LogP contribution in [-0.4, -0.2) is 11.5 Å². The minimum Gasteiger partial charge on any atom is -0.487 e. The zero-order valence-electron chi connectivity index (χ0n) is 14.9. The van der Waals surface area contributed by atoms with Gasteiger partial charge in [0, 0.05) is 6.07 Å². The van der Waals surface area contributed by atoms with Crippen LogP contribution in [0.3, 0.4) is 0 Å². The van der Waals surface area contributed by atoms with Crippen LogP contribution < -0.4 is 9.47 Å². The third-order valence-corrected chi connectivity index (χ3v) is 3.96. The van der Waals surface area contributed by atoms with Crippen LogP contribution >= 0.6 is 0 Å². The molecule has 0 amide bonds. The van der Waals surface area contributed by atoms with Gasteiger partial charge in [-0.15, -0.1) is 0 Å². The van der Waals surface area contributed by atoms with Gasteiger partial charge in [0.05, 0.1) is 17.1 Å². The summed E-state index contributed by atoms with van der Waals surface area (Å²) in [5.41, 5.74) is 1.30. The lowest BCUT2D eigenvalue weighted by atomic mass is 10.0. The maximum atomic E-state index is 14.5. The molecule has 0 spiro atoms. The molecule has 0 saturated heterocycles. The average molecular weight is 367 g/mol. The lowest BCUT2D eigenvalue weighted by molar-refractivity contribution is -0.388. The van der Waals surface area contributed by atoms with Gasteiger partial charge in [-0.2, -0.15) is 4.39 Å². The number of para-hydroxylation sites is 1. The van der Waals surface area contributed by atoms with E-state index in [1.165, 1.54) is 0 Å². The molecular weight excluding hydrogens is 349 g/mol. The lowest BCUT2D eigenvalue weighted by Gasteiger charge is -2.17. The van der Waals surface area contributed by atoms with Crippen molar-refractivity contribution in [2.24, 2.45) is 0 Å². The first-order chi connectivity index (χ1) is 13.0. The van der Waals surface area contributed by atoms with E-state index < -0.39 is 16.4 Å². The zero-order valence-corrected chi connectivity index (χ0v) is 14.9. The van der Waals surface area contributed by atoms with E-state index in [2.05, 4.69) is 0 Å². The zero-order chi connectivity index (χ0) is 19.4. The summed E-state index contributed by atoms with van der Waals surface area (Å²) in [5.74, 6) is -0.513. The number of nitrogens with zero attached hydrogens (tertiary/aromatic N) is 1. The van der Waals surface area contributed by atoms with E-state index in [0.29, 0.717) is 16.9 Å². The lowest BCUT2D eigenvalue weighted by Crippen LogP contribution is -2.04. The van der Waals surface area contributed by atoms with E-state index in [1.807, 2.05) is 25.1 Å². The predicted molar refractivity (Wildman–Crippen MR) is 101 cm³/mol. The standard InChI is InChI=1S/C21H18FNO4/c1-3-26-21-19(15-11-9-14(2)10-12-15)18(13-17(22)20(21)23(24)25)27-16-7-5-4-6-8-16/h4-13H,3H2,1-2H3. The molecule has 27 heavy (non-hydrogen) atoms. The van der Waals surface area contributed by atoms with Gasteiger partial charge in [0.1, 0.15) is 11.5 Å². The van der Waals surface area contributed by atoms with Crippen LogP contribution in [-0.2, 0) is 0 Å². The number of nitro benzene ring substituents is 1. The van der Waals surface area contributed by atoms with E-state index in [9.17, 15) is 14.5 Å². The highest BCUT2D eigenvalue weighted by atomic mass is 19.1. The molecule has 0 saturated carbocycles. The number of hydrogen-bond acceptors (Lipinski definition) is 4. The molecule has 5 nitrogen and oxygen atoms in total. The molecule has 0 bridgehead atoms. The number of halogens is 1. The molecule has 0 radical (unpaired) electrons. The SMILES string of the molecule is CCOc1c(-c2ccc(C)cc2)c(Oc2ccccc2)cc(F)c1[N+](=O)[O-]. The van der Waals surface area contributed by atoms with Gasteiger partial charge in [-0.05, 0) is 31.5 Å². The highest BCUT2D eigenvalue weighted by molar-refractivity contribution is 5.82. The van der Waals surface area contributed by atoms with Crippen LogP contribution in [0, 0.1) is 22.9 Å². The number of nitro groups is 1. The van der Waals surface area contributed by atoms with Crippen LogP contribution in [0.5, 0.6) is 17.2 Å². The van der Waals surface area contributed by atoms with Gasteiger partial charge in [-0.3, -0.25) is 10.1 Å². The van der Waals surface area contributed by atoms with E-state index in [4.69, 9.17) is 9.47 Å². The molecule has 3 aromatic rings. The van der Waals surface area contributed by atoms with E-state index in [-0.39, 0.29) is 18.1 Å². The number of hydrogen-bond donors (Lipinski definition) is 0. The molecule has 0 fully saturated rings. The van der Waals surface area contributed by atoms with Crippen LogP contribution in [0.2, 0.25) is 0 Å². The second-order valence-corrected chi connectivity index (χ2v) is 5.88. The van der Waals surface area contributed by atoms with Crippen molar-refractivity contribution in [3.05, 3.63) is 82.2 Å². The summed E-state index contributed by atoms with van der Waals surface area (Å²) in [4.78, 5) is 10.7. The minimum absolute atomic E-state index is 0.141. The summed E-state index contributed by atoms with van der Waals surface area (Å²) in [6.07, 6.45) is 0. The molecule has 0 heterocycles. The molecule has 0 aliphatic heterocycles. The minimum atomic E-state index is -1.01. The second-order valence-electron chi connectivity index (χ2n) is 5.88. The summed E-state index contributed by atoms with van der Waals surface area (Å²) < 4.78 is 25.9. The first kappa shape index (κ1) is 18.4. The number of benzene rings is 3. The Morgan fingerprint density at radius 3 is 2.33 bits per heavy atom. The second kappa shape index (κ2) is 7.86. The molecule has 0 atom stereocenters. The normalized spacial score (nSPS) is 10.5. The summed E-state index contributed by atoms with van der Waals surface area (Å²) in [6, 6.07) is 17.2. The van der Waals surface area contributed by atoms with Gasteiger partial charge in [-0.1, -0.05) is 48.0 Å². The third kappa shape index (κ3) is 3.89. The fraction of sp³-hybridized carbons (Fsp3) is 0.143. The van der Waals surface area contributed by atoms with Crippen LogP contribution in [0.15, 0.2) is 60.7 Å². The average Bonchev–Trinajstić information content (AvgIpc) is 2.63. The van der Waals surface area contributed by atoms with E-state index in [0.717, 1.165) is 11.6 Å². The Bertz CT molecular complexity index is 956. The van der Waals surface area contributed by atoms with Crippen LogP contribution in [0.25, 0.3) is 11.1 Å². The van der Waals surface area contributed by atoms with Crippen molar-refractivity contribution in [3.8, 4) is 28.4 Å². The van der Waals surface area contributed by atoms with Crippen molar-refractivity contribution < 1.29 is 18.8 Å². The molecule has 0 aromatic heterocycles. The Morgan fingerprint density at radius 1 is 1.07 bits per heavy atom. The fourth-order valence-corrected chi connectivity index (χ4v) is 2.74. The summed E-state index contributed by atoms with van der Waals surface area (Å²) >= 11 is 0. The van der Waals surface area contributed by atoms with Crippen molar-refractivity contribution in [2.45, 2.75) is 13.8 Å². The molecule has 3 aromatic carbocycles. The fourth-order valence-electron chi connectivity index (χ4n) is 2.74. The van der Waals surface area contributed by atoms with Gasteiger partial charge < -0.3 is 9.47 Å². The number of aryl methyl sites for hydroxylation is 1. The quantitative estimate of drug-likeness (QED) is 0.402. The Balaban J connectivity index is 2.27. The van der Waals surface area contributed by atoms with Gasteiger partial charge >= 0.3 is 5.69 Å². The Morgan fingerprint density at radius 2 is 1.74 bits per heavy atom. The van der Waals surface area contributed by atoms with Gasteiger partial charge in [0.2, 0.25) is 11.6 Å². The third-order valence-electron chi connectivity index (χ3n) is 3.96. The predicted octanol–water partition coefficient (Wildman–Crippen LogP) is 5.90. The topological polar surface area (TPSA) is 61.6 Å². The molecule has 3 rings (SSSR count). The van der Waals surface area contributed by atoms with E-state index in [1.54, 1.807) is 43.3 Å². The summed E-state index contributed by atoms with van der Waals surface area (Å²) in [7, 11) is 0.